The highest BCUT2D eigenvalue weighted by Crippen LogP contribution is 2.40. The largest absolute Gasteiger partial charge is 0.480 e. The number of halogens is 4. The van der Waals surface area contributed by atoms with E-state index in [1.807, 2.05) is 0 Å². The van der Waals surface area contributed by atoms with E-state index in [1.54, 1.807) is 0 Å². The normalized spacial score (nSPS) is 21.4. The lowest BCUT2D eigenvalue weighted by Gasteiger charge is -2.35. The number of rotatable bonds is 4. The molecule has 1 amide bonds. The first-order valence-electron chi connectivity index (χ1n) is 8.45. The number of methoxy groups -OCH3 is 1. The number of carbonyl (C=O) groups excluding carboxylic acids is 1. The van der Waals surface area contributed by atoms with Crippen molar-refractivity contribution in [1.82, 2.24) is 15.0 Å². The second-order valence-corrected chi connectivity index (χ2v) is 6.50. The predicted molar refractivity (Wildman–Crippen MR) is 95.3 cm³/mol. The monoisotopic (exact) mass is 428 g/mol. The number of carbonyl (C=O) groups is 1. The molecule has 0 bridgehead atoms. The van der Waals surface area contributed by atoms with Crippen LogP contribution in [-0.2, 0) is 10.3 Å². The van der Waals surface area contributed by atoms with Crippen molar-refractivity contribution in [2.45, 2.75) is 31.2 Å². The van der Waals surface area contributed by atoms with Gasteiger partial charge in [-0.1, -0.05) is 0 Å². The molecule has 30 heavy (non-hydrogen) atoms. The lowest BCUT2D eigenvalue weighted by molar-refractivity contribution is -0.208. The second-order valence-electron chi connectivity index (χ2n) is 6.50. The van der Waals surface area contributed by atoms with E-state index >= 15 is 0 Å². The molecule has 3 heterocycles. The first-order valence-corrected chi connectivity index (χ1v) is 8.45. The highest BCUT2D eigenvalue weighted by atomic mass is 19.4. The Labute approximate surface area is 167 Å². The second kappa shape index (κ2) is 7.72. The molecular formula is C17H16F4N6O3. The molecule has 2 aromatic heterocycles. The number of nitrogens with one attached hydrogen (secondary N) is 1. The minimum absolute atomic E-state index is 0.0832. The number of aliphatic imine (C=N–C) groups is 1. The molecule has 3 N–H and O–H groups in total. The Morgan fingerprint density at radius 2 is 2.07 bits per heavy atom. The lowest BCUT2D eigenvalue weighted by atomic mass is 9.89. The third-order valence-corrected chi connectivity index (χ3v) is 4.24. The van der Waals surface area contributed by atoms with Crippen LogP contribution in [0, 0.1) is 5.82 Å². The molecule has 0 saturated carbocycles. The fraction of sp³-hybridized carbons (Fsp3) is 0.353. The summed E-state index contributed by atoms with van der Waals surface area (Å²) in [4.78, 5) is 27.8. The van der Waals surface area contributed by atoms with Crippen molar-refractivity contribution in [1.29, 1.82) is 0 Å². The van der Waals surface area contributed by atoms with Gasteiger partial charge in [-0.05, 0) is 19.1 Å². The van der Waals surface area contributed by atoms with Gasteiger partial charge in [0.2, 0.25) is 5.88 Å². The SMILES string of the molecule is COc1cnc(C(=O)Nc2ccc(F)c([C@]3(C)C[C@@H](C(F)(F)F)OC(N)=N3)n2)cn1. The third-order valence-electron chi connectivity index (χ3n) is 4.24. The van der Waals surface area contributed by atoms with Crippen molar-refractivity contribution in [2.24, 2.45) is 10.7 Å². The molecule has 0 saturated heterocycles. The van der Waals surface area contributed by atoms with Crippen LogP contribution in [0.15, 0.2) is 29.5 Å². The van der Waals surface area contributed by atoms with Gasteiger partial charge in [-0.3, -0.25) is 4.79 Å². The molecule has 2 aromatic rings. The summed E-state index contributed by atoms with van der Waals surface area (Å²) < 4.78 is 63.2. The van der Waals surface area contributed by atoms with Crippen molar-refractivity contribution in [3.63, 3.8) is 0 Å². The molecular weight excluding hydrogens is 412 g/mol. The number of aromatic nitrogens is 3. The summed E-state index contributed by atoms with van der Waals surface area (Å²) in [6, 6.07) is 1.35. The van der Waals surface area contributed by atoms with Crippen molar-refractivity contribution in [3.05, 3.63) is 41.7 Å². The van der Waals surface area contributed by atoms with Gasteiger partial charge in [-0.2, -0.15) is 13.2 Å². The molecule has 160 valence electrons. The molecule has 0 aromatic carbocycles. The van der Waals surface area contributed by atoms with Gasteiger partial charge >= 0.3 is 6.18 Å². The third kappa shape index (κ3) is 4.39. The van der Waals surface area contributed by atoms with Crippen LogP contribution in [0.25, 0.3) is 0 Å². The van der Waals surface area contributed by atoms with Crippen molar-refractivity contribution in [3.8, 4) is 5.88 Å². The van der Waals surface area contributed by atoms with E-state index in [1.165, 1.54) is 20.2 Å². The van der Waals surface area contributed by atoms with Crippen molar-refractivity contribution < 1.29 is 31.8 Å². The van der Waals surface area contributed by atoms with E-state index in [-0.39, 0.29) is 17.4 Å². The maximum atomic E-state index is 14.5. The van der Waals surface area contributed by atoms with Crippen molar-refractivity contribution in [2.75, 3.05) is 12.4 Å². The molecule has 2 atom stereocenters. The zero-order chi connectivity index (χ0) is 22.1. The summed E-state index contributed by atoms with van der Waals surface area (Å²) in [6.45, 7) is 1.24. The molecule has 0 spiro atoms. The number of alkyl halides is 3. The molecule has 0 aliphatic carbocycles. The highest BCUT2D eigenvalue weighted by Gasteiger charge is 2.50. The zero-order valence-corrected chi connectivity index (χ0v) is 15.7. The summed E-state index contributed by atoms with van der Waals surface area (Å²) >= 11 is 0. The summed E-state index contributed by atoms with van der Waals surface area (Å²) in [7, 11) is 1.38. The first-order chi connectivity index (χ1) is 14.0. The van der Waals surface area contributed by atoms with Gasteiger partial charge in [0.1, 0.15) is 28.6 Å². The van der Waals surface area contributed by atoms with Gasteiger partial charge in [0.05, 0.1) is 19.5 Å². The molecule has 1 aliphatic rings. The van der Waals surface area contributed by atoms with Crippen LogP contribution in [0.3, 0.4) is 0 Å². The highest BCUT2D eigenvalue weighted by molar-refractivity contribution is 6.02. The Hall–Kier alpha value is -3.51. The zero-order valence-electron chi connectivity index (χ0n) is 15.7. The predicted octanol–water partition coefficient (Wildman–Crippen LogP) is 2.15. The number of hydrogen-bond acceptors (Lipinski definition) is 8. The maximum Gasteiger partial charge on any atom is 0.425 e. The number of amidine groups is 1. The molecule has 9 nitrogen and oxygen atoms in total. The first kappa shape index (κ1) is 21.2. The van der Waals surface area contributed by atoms with Crippen LogP contribution in [0.2, 0.25) is 0 Å². The Kier molecular flexibility index (Phi) is 5.46. The number of pyridine rings is 1. The summed E-state index contributed by atoms with van der Waals surface area (Å²) in [5.74, 6) is -1.57. The lowest BCUT2D eigenvalue weighted by Crippen LogP contribution is -2.46. The van der Waals surface area contributed by atoms with E-state index in [9.17, 15) is 22.4 Å². The van der Waals surface area contributed by atoms with Gasteiger partial charge in [0.15, 0.2) is 6.10 Å². The van der Waals surface area contributed by atoms with E-state index in [2.05, 4.69) is 30.0 Å². The maximum absolute atomic E-state index is 14.5. The van der Waals surface area contributed by atoms with Gasteiger partial charge in [-0.25, -0.2) is 24.3 Å². The van der Waals surface area contributed by atoms with Crippen LogP contribution in [-0.4, -0.2) is 46.3 Å². The van der Waals surface area contributed by atoms with Crippen LogP contribution in [0.1, 0.15) is 29.5 Å². The standard InChI is InChI=1S/C17H16F4N6O3/c1-16(5-10(17(19,20)21)30-15(22)27-16)13-8(18)3-4-11(25-13)26-14(28)9-6-24-12(29-2)7-23-9/h3-4,6-7,10H,5H2,1-2H3,(H2,22,27)(H,25,26,28)/t10-,16-/m0/s1. The number of nitrogens with zero attached hydrogens (tertiary/aromatic N) is 4. The van der Waals surface area contributed by atoms with Crippen molar-refractivity contribution >= 4 is 17.7 Å². The van der Waals surface area contributed by atoms with Gasteiger partial charge in [0.25, 0.3) is 11.9 Å². The minimum Gasteiger partial charge on any atom is -0.480 e. The Bertz CT molecular complexity index is 982. The van der Waals surface area contributed by atoms with E-state index in [0.29, 0.717) is 0 Å². The summed E-state index contributed by atoms with van der Waals surface area (Å²) in [5, 5.41) is 2.38. The summed E-state index contributed by atoms with van der Waals surface area (Å²) in [5.41, 5.74) is 3.10. The quantitative estimate of drug-likeness (QED) is 0.715. The molecule has 3 rings (SSSR count). The minimum atomic E-state index is -4.74. The number of nitrogens with two attached hydrogens (primary N) is 1. The number of amides is 1. The molecule has 0 fully saturated rings. The van der Waals surface area contributed by atoms with E-state index in [0.717, 1.165) is 18.3 Å². The average Bonchev–Trinajstić information content (AvgIpc) is 2.68. The summed E-state index contributed by atoms with van der Waals surface area (Å²) in [6.07, 6.45) is -5.40. The number of anilines is 1. The van der Waals surface area contributed by atoms with E-state index in [4.69, 9.17) is 10.5 Å². The molecule has 1 aliphatic heterocycles. The Morgan fingerprint density at radius 3 is 2.67 bits per heavy atom. The fourth-order valence-corrected chi connectivity index (χ4v) is 2.80. The molecule has 0 unspecified atom stereocenters. The van der Waals surface area contributed by atoms with Crippen LogP contribution < -0.4 is 15.8 Å². The average molecular weight is 428 g/mol. The van der Waals surface area contributed by atoms with Gasteiger partial charge < -0.3 is 20.5 Å². The smallest absolute Gasteiger partial charge is 0.425 e. The fourth-order valence-electron chi connectivity index (χ4n) is 2.80. The molecule has 13 heteroatoms. The number of ether oxygens (including phenoxy) is 2. The van der Waals surface area contributed by atoms with Gasteiger partial charge in [0, 0.05) is 6.42 Å². The van der Waals surface area contributed by atoms with E-state index < -0.39 is 47.7 Å². The van der Waals surface area contributed by atoms with Crippen LogP contribution in [0.5, 0.6) is 5.88 Å². The topological polar surface area (TPSA) is 125 Å². The Morgan fingerprint density at radius 1 is 1.33 bits per heavy atom. The number of hydrogen-bond donors (Lipinski definition) is 2. The van der Waals surface area contributed by atoms with Crippen LogP contribution >= 0.6 is 0 Å². The molecule has 0 radical (unpaired) electrons. The Balaban J connectivity index is 1.89. The van der Waals surface area contributed by atoms with Gasteiger partial charge in [-0.15, -0.1) is 0 Å². The van der Waals surface area contributed by atoms with Crippen LogP contribution in [0.4, 0.5) is 23.4 Å².